The van der Waals surface area contributed by atoms with E-state index in [4.69, 9.17) is 9.84 Å². The fourth-order valence-electron chi connectivity index (χ4n) is 1.83. The molecule has 2 aromatic rings. The Labute approximate surface area is 116 Å². The molecule has 0 fully saturated rings. The maximum absolute atomic E-state index is 11.1. The highest BCUT2D eigenvalue weighted by atomic mass is 16.5. The van der Waals surface area contributed by atoms with E-state index >= 15 is 0 Å². The van der Waals surface area contributed by atoms with Crippen molar-refractivity contribution in [2.24, 2.45) is 0 Å². The predicted molar refractivity (Wildman–Crippen MR) is 74.8 cm³/mol. The molecule has 0 aliphatic heterocycles. The normalized spacial score (nSPS) is 10.2. The molecule has 0 atom stereocenters. The fourth-order valence-corrected chi connectivity index (χ4v) is 1.83. The number of ether oxygens (including phenoxy) is 1. The van der Waals surface area contributed by atoms with E-state index in [2.05, 4.69) is 9.97 Å². The van der Waals surface area contributed by atoms with Gasteiger partial charge < -0.3 is 14.7 Å². The molecular weight excluding hydrogens is 258 g/mol. The number of aromatic nitrogens is 2. The van der Waals surface area contributed by atoms with Gasteiger partial charge in [0.1, 0.15) is 5.75 Å². The van der Waals surface area contributed by atoms with Crippen LogP contribution in [0.25, 0.3) is 0 Å². The lowest BCUT2D eigenvalue weighted by atomic mass is 10.2. The Bertz CT molecular complexity index is 643. The maximum atomic E-state index is 11.1. The zero-order chi connectivity index (χ0) is 14.7. The monoisotopic (exact) mass is 273 g/mol. The molecule has 2 rings (SSSR count). The molecule has 0 spiro atoms. The van der Waals surface area contributed by atoms with Crippen LogP contribution in [0.5, 0.6) is 5.75 Å². The minimum absolute atomic E-state index is 0.0331. The van der Waals surface area contributed by atoms with Crippen LogP contribution in [0.4, 0.5) is 11.6 Å². The third-order valence-corrected chi connectivity index (χ3v) is 2.81. The van der Waals surface area contributed by atoms with E-state index < -0.39 is 5.97 Å². The average molecular weight is 273 g/mol. The van der Waals surface area contributed by atoms with E-state index in [0.717, 1.165) is 5.69 Å². The van der Waals surface area contributed by atoms with E-state index in [-0.39, 0.29) is 5.69 Å². The van der Waals surface area contributed by atoms with Gasteiger partial charge >= 0.3 is 5.97 Å². The number of benzene rings is 1. The molecule has 6 heteroatoms. The number of carboxylic acids is 1. The van der Waals surface area contributed by atoms with Gasteiger partial charge in [-0.15, -0.1) is 0 Å². The maximum Gasteiger partial charge on any atom is 0.354 e. The van der Waals surface area contributed by atoms with Crippen molar-refractivity contribution in [1.82, 2.24) is 9.97 Å². The Balaban J connectivity index is 2.47. The average Bonchev–Trinajstić information content (AvgIpc) is 2.45. The lowest BCUT2D eigenvalue weighted by Gasteiger charge is -2.20. The van der Waals surface area contributed by atoms with Crippen LogP contribution in [0, 0.1) is 6.92 Å². The van der Waals surface area contributed by atoms with Gasteiger partial charge in [-0.3, -0.25) is 0 Å². The summed E-state index contributed by atoms with van der Waals surface area (Å²) < 4.78 is 5.28. The zero-order valence-electron chi connectivity index (χ0n) is 11.5. The summed E-state index contributed by atoms with van der Waals surface area (Å²) >= 11 is 0. The van der Waals surface area contributed by atoms with Crippen LogP contribution >= 0.6 is 0 Å². The number of hydrogen-bond donors (Lipinski definition) is 1. The largest absolute Gasteiger partial charge is 0.495 e. The summed E-state index contributed by atoms with van der Waals surface area (Å²) in [7, 11) is 3.34. The van der Waals surface area contributed by atoms with Gasteiger partial charge in [0.15, 0.2) is 5.69 Å². The topological polar surface area (TPSA) is 75.5 Å². The van der Waals surface area contributed by atoms with Crippen LogP contribution in [-0.2, 0) is 0 Å². The van der Waals surface area contributed by atoms with E-state index in [1.165, 1.54) is 6.07 Å². The summed E-state index contributed by atoms with van der Waals surface area (Å²) in [5.74, 6) is -0.103. The number of anilines is 2. The summed E-state index contributed by atoms with van der Waals surface area (Å²) in [6.07, 6.45) is 0. The second-order valence-corrected chi connectivity index (χ2v) is 4.23. The number of nitrogens with zero attached hydrogens (tertiary/aromatic N) is 3. The number of carboxylic acid groups (broad SMARTS) is 1. The summed E-state index contributed by atoms with van der Waals surface area (Å²) in [5.41, 5.74) is 1.32. The Morgan fingerprint density at radius 2 is 2.00 bits per heavy atom. The van der Waals surface area contributed by atoms with E-state index in [1.807, 2.05) is 24.3 Å². The van der Waals surface area contributed by atoms with Crippen molar-refractivity contribution < 1.29 is 14.6 Å². The van der Waals surface area contributed by atoms with Gasteiger partial charge in [0.25, 0.3) is 0 Å². The first-order valence-corrected chi connectivity index (χ1v) is 5.98. The number of methoxy groups -OCH3 is 1. The highest BCUT2D eigenvalue weighted by Crippen LogP contribution is 2.30. The van der Waals surface area contributed by atoms with Crippen molar-refractivity contribution in [2.75, 3.05) is 19.1 Å². The van der Waals surface area contributed by atoms with E-state index in [9.17, 15) is 4.79 Å². The van der Waals surface area contributed by atoms with Crippen LogP contribution < -0.4 is 9.64 Å². The number of hydrogen-bond acceptors (Lipinski definition) is 5. The molecule has 0 aliphatic rings. The second-order valence-electron chi connectivity index (χ2n) is 4.23. The summed E-state index contributed by atoms with van der Waals surface area (Å²) in [6, 6.07) is 8.82. The minimum Gasteiger partial charge on any atom is -0.495 e. The summed E-state index contributed by atoms with van der Waals surface area (Å²) in [6.45, 7) is 1.73. The molecule has 0 saturated carbocycles. The Morgan fingerprint density at radius 3 is 2.65 bits per heavy atom. The summed E-state index contributed by atoms with van der Waals surface area (Å²) in [4.78, 5) is 21.1. The van der Waals surface area contributed by atoms with Gasteiger partial charge in [-0.2, -0.15) is 0 Å². The predicted octanol–water partition coefficient (Wildman–Crippen LogP) is 2.26. The van der Waals surface area contributed by atoms with Gasteiger partial charge in [0.05, 0.1) is 12.8 Å². The van der Waals surface area contributed by atoms with Crippen LogP contribution in [0.2, 0.25) is 0 Å². The van der Waals surface area contributed by atoms with Crippen molar-refractivity contribution in [3.8, 4) is 5.75 Å². The molecule has 1 aromatic heterocycles. The van der Waals surface area contributed by atoms with Crippen LogP contribution in [-0.4, -0.2) is 35.2 Å². The van der Waals surface area contributed by atoms with Gasteiger partial charge in [-0.05, 0) is 25.1 Å². The van der Waals surface area contributed by atoms with E-state index in [0.29, 0.717) is 17.4 Å². The number of para-hydroxylation sites is 2. The van der Waals surface area contributed by atoms with Gasteiger partial charge in [-0.25, -0.2) is 14.8 Å². The van der Waals surface area contributed by atoms with Crippen molar-refractivity contribution in [3.05, 3.63) is 41.7 Å². The van der Waals surface area contributed by atoms with Crippen molar-refractivity contribution in [2.45, 2.75) is 6.92 Å². The molecule has 0 saturated heterocycles. The first-order chi connectivity index (χ1) is 9.52. The number of carbonyl (C=O) groups is 1. The fraction of sp³-hybridized carbons (Fsp3) is 0.214. The molecule has 6 nitrogen and oxygen atoms in total. The third kappa shape index (κ3) is 2.69. The van der Waals surface area contributed by atoms with Crippen molar-refractivity contribution >= 4 is 17.6 Å². The van der Waals surface area contributed by atoms with Gasteiger partial charge in [0.2, 0.25) is 5.95 Å². The Hall–Kier alpha value is -2.63. The smallest absolute Gasteiger partial charge is 0.354 e. The zero-order valence-corrected chi connectivity index (χ0v) is 11.5. The second kappa shape index (κ2) is 5.56. The van der Waals surface area contributed by atoms with Crippen molar-refractivity contribution in [1.29, 1.82) is 0 Å². The Morgan fingerprint density at radius 1 is 1.30 bits per heavy atom. The Kier molecular flexibility index (Phi) is 3.84. The van der Waals surface area contributed by atoms with Crippen LogP contribution in [0.3, 0.4) is 0 Å². The van der Waals surface area contributed by atoms with Crippen LogP contribution in [0.1, 0.15) is 16.2 Å². The lowest BCUT2D eigenvalue weighted by molar-refractivity contribution is 0.0690. The molecular formula is C14H15N3O3. The third-order valence-electron chi connectivity index (χ3n) is 2.81. The van der Waals surface area contributed by atoms with Crippen molar-refractivity contribution in [3.63, 3.8) is 0 Å². The quantitative estimate of drug-likeness (QED) is 0.920. The minimum atomic E-state index is -1.08. The molecule has 1 heterocycles. The van der Waals surface area contributed by atoms with Gasteiger partial charge in [-0.1, -0.05) is 12.1 Å². The van der Waals surface area contributed by atoms with E-state index in [1.54, 1.807) is 26.0 Å². The van der Waals surface area contributed by atoms with Gasteiger partial charge in [0, 0.05) is 12.7 Å². The van der Waals surface area contributed by atoms with Crippen LogP contribution in [0.15, 0.2) is 30.3 Å². The molecule has 1 N–H and O–H groups in total. The molecule has 0 radical (unpaired) electrons. The first kappa shape index (κ1) is 13.8. The highest BCUT2D eigenvalue weighted by Gasteiger charge is 2.15. The molecule has 1 aromatic carbocycles. The molecule has 20 heavy (non-hydrogen) atoms. The highest BCUT2D eigenvalue weighted by molar-refractivity contribution is 5.86. The number of aryl methyl sites for hydroxylation is 1. The lowest BCUT2D eigenvalue weighted by Crippen LogP contribution is -2.16. The SMILES string of the molecule is COc1ccccc1N(C)c1nc(C)cc(C(=O)O)n1. The number of aromatic carboxylic acids is 1. The molecule has 0 aliphatic carbocycles. The number of rotatable bonds is 4. The molecule has 0 bridgehead atoms. The molecule has 0 amide bonds. The molecule has 0 unspecified atom stereocenters. The first-order valence-electron chi connectivity index (χ1n) is 5.98. The standard InChI is InChI=1S/C14H15N3O3/c1-9-8-10(13(18)19)16-14(15-9)17(2)11-6-4-5-7-12(11)20-3/h4-8H,1-3H3,(H,18,19). The molecule has 104 valence electrons. The summed E-state index contributed by atoms with van der Waals surface area (Å²) in [5, 5.41) is 9.05.